The van der Waals surface area contributed by atoms with Gasteiger partial charge in [0.1, 0.15) is 5.82 Å². The fraction of sp³-hybridized carbons (Fsp3) is 0.455. The van der Waals surface area contributed by atoms with Crippen molar-refractivity contribution in [2.75, 3.05) is 0 Å². The van der Waals surface area contributed by atoms with Crippen molar-refractivity contribution in [3.05, 3.63) is 35.6 Å². The summed E-state index contributed by atoms with van der Waals surface area (Å²) in [4.78, 5) is 0. The van der Waals surface area contributed by atoms with E-state index in [9.17, 15) is 9.50 Å². The van der Waals surface area contributed by atoms with Gasteiger partial charge in [0.05, 0.1) is 6.10 Å². The molecule has 0 amide bonds. The Hall–Kier alpha value is -0.930. The largest absolute Gasteiger partial charge is 0.388 e. The van der Waals surface area contributed by atoms with Crippen molar-refractivity contribution in [3.8, 4) is 0 Å². The van der Waals surface area contributed by atoms with E-state index in [0.717, 1.165) is 0 Å². The first kappa shape index (κ1) is 11.1. The van der Waals surface area contributed by atoms with Gasteiger partial charge in [0.25, 0.3) is 0 Å². The van der Waals surface area contributed by atoms with Crippen molar-refractivity contribution < 1.29 is 9.50 Å². The van der Waals surface area contributed by atoms with Crippen LogP contribution >= 0.6 is 0 Å². The number of hydrogen-bond donors (Lipinski definition) is 2. The lowest BCUT2D eigenvalue weighted by Crippen LogP contribution is -2.33. The van der Waals surface area contributed by atoms with E-state index >= 15 is 0 Å². The zero-order valence-corrected chi connectivity index (χ0v) is 8.50. The fourth-order valence-electron chi connectivity index (χ4n) is 1.33. The van der Waals surface area contributed by atoms with E-state index in [4.69, 9.17) is 5.73 Å². The molecule has 0 aliphatic carbocycles. The first-order chi connectivity index (χ1) is 6.38. The first-order valence-corrected chi connectivity index (χ1v) is 4.61. The highest BCUT2D eigenvalue weighted by Gasteiger charge is 2.18. The molecule has 0 aromatic heterocycles. The Morgan fingerprint density at radius 2 is 2.14 bits per heavy atom. The molecule has 0 aliphatic rings. The summed E-state index contributed by atoms with van der Waals surface area (Å²) in [5, 5.41) is 9.73. The van der Waals surface area contributed by atoms with Crippen LogP contribution in [0, 0.1) is 5.82 Å². The van der Waals surface area contributed by atoms with Gasteiger partial charge in [-0.2, -0.15) is 0 Å². The van der Waals surface area contributed by atoms with Gasteiger partial charge in [0, 0.05) is 5.54 Å². The molecule has 0 fully saturated rings. The maximum atomic E-state index is 12.8. The molecule has 0 aliphatic heterocycles. The van der Waals surface area contributed by atoms with Crippen molar-refractivity contribution in [2.45, 2.75) is 31.9 Å². The highest BCUT2D eigenvalue weighted by molar-refractivity contribution is 5.19. The Bertz CT molecular complexity index is 306. The summed E-state index contributed by atoms with van der Waals surface area (Å²) >= 11 is 0. The number of benzene rings is 1. The van der Waals surface area contributed by atoms with Gasteiger partial charge in [-0.1, -0.05) is 12.1 Å². The van der Waals surface area contributed by atoms with Gasteiger partial charge in [0.15, 0.2) is 0 Å². The van der Waals surface area contributed by atoms with Gasteiger partial charge < -0.3 is 10.8 Å². The van der Waals surface area contributed by atoms with Crippen LogP contribution in [0.15, 0.2) is 24.3 Å². The third kappa shape index (κ3) is 3.44. The van der Waals surface area contributed by atoms with Crippen LogP contribution in [0.5, 0.6) is 0 Å². The molecule has 1 aromatic rings. The maximum Gasteiger partial charge on any atom is 0.123 e. The van der Waals surface area contributed by atoms with Gasteiger partial charge in [-0.25, -0.2) is 4.39 Å². The second-order valence-corrected chi connectivity index (χ2v) is 4.26. The summed E-state index contributed by atoms with van der Waals surface area (Å²) in [7, 11) is 0. The Kier molecular flexibility index (Phi) is 3.24. The minimum absolute atomic E-state index is 0.337. The van der Waals surface area contributed by atoms with Crippen molar-refractivity contribution in [1.82, 2.24) is 0 Å². The number of halogens is 1. The smallest absolute Gasteiger partial charge is 0.123 e. The van der Waals surface area contributed by atoms with Gasteiger partial charge in [0.2, 0.25) is 0 Å². The summed E-state index contributed by atoms with van der Waals surface area (Å²) in [6, 6.07) is 5.96. The van der Waals surface area contributed by atoms with E-state index in [1.54, 1.807) is 12.1 Å². The van der Waals surface area contributed by atoms with Crippen LogP contribution in [-0.4, -0.2) is 10.6 Å². The highest BCUT2D eigenvalue weighted by Crippen LogP contribution is 2.22. The van der Waals surface area contributed by atoms with Crippen molar-refractivity contribution in [1.29, 1.82) is 0 Å². The Labute approximate surface area is 83.6 Å². The summed E-state index contributed by atoms with van der Waals surface area (Å²) in [6.45, 7) is 3.66. The molecule has 2 nitrogen and oxygen atoms in total. The lowest BCUT2D eigenvalue weighted by Gasteiger charge is -2.22. The molecule has 0 spiro atoms. The summed E-state index contributed by atoms with van der Waals surface area (Å²) in [5.41, 5.74) is 5.88. The van der Waals surface area contributed by atoms with Crippen LogP contribution < -0.4 is 5.73 Å². The Morgan fingerprint density at radius 1 is 1.50 bits per heavy atom. The molecule has 1 rings (SSSR count). The molecule has 1 aromatic carbocycles. The van der Waals surface area contributed by atoms with Crippen LogP contribution in [0.2, 0.25) is 0 Å². The number of hydrogen-bond acceptors (Lipinski definition) is 2. The molecule has 1 unspecified atom stereocenters. The molecule has 0 saturated heterocycles. The molecular weight excluding hydrogens is 181 g/mol. The van der Waals surface area contributed by atoms with Crippen molar-refractivity contribution in [2.24, 2.45) is 5.73 Å². The van der Waals surface area contributed by atoms with E-state index in [1.165, 1.54) is 12.1 Å². The normalized spacial score (nSPS) is 14.1. The van der Waals surface area contributed by atoms with E-state index in [0.29, 0.717) is 12.0 Å². The van der Waals surface area contributed by atoms with Crippen LogP contribution in [0.1, 0.15) is 31.9 Å². The fourth-order valence-corrected chi connectivity index (χ4v) is 1.33. The summed E-state index contributed by atoms with van der Waals surface area (Å²) in [6.07, 6.45) is -0.290. The first-order valence-electron chi connectivity index (χ1n) is 4.61. The van der Waals surface area contributed by atoms with Gasteiger partial charge in [-0.15, -0.1) is 0 Å². The standard InChI is InChI=1S/C11H16FNO/c1-11(2,13)7-10(14)8-4-3-5-9(12)6-8/h3-6,10,14H,7,13H2,1-2H3. The SMILES string of the molecule is CC(C)(N)CC(O)c1cccc(F)c1. The minimum Gasteiger partial charge on any atom is -0.388 e. The van der Waals surface area contributed by atoms with Gasteiger partial charge in [-0.3, -0.25) is 0 Å². The lowest BCUT2D eigenvalue weighted by atomic mass is 9.94. The average molecular weight is 197 g/mol. The summed E-state index contributed by atoms with van der Waals surface area (Å²) in [5.74, 6) is -0.337. The highest BCUT2D eigenvalue weighted by atomic mass is 19.1. The van der Waals surface area contributed by atoms with E-state index in [2.05, 4.69) is 0 Å². The molecule has 0 heterocycles. The van der Waals surface area contributed by atoms with Crippen LogP contribution in [-0.2, 0) is 0 Å². The minimum atomic E-state index is -0.703. The Balaban J connectivity index is 2.74. The lowest BCUT2D eigenvalue weighted by molar-refractivity contribution is 0.141. The molecule has 0 saturated carbocycles. The number of nitrogens with two attached hydrogens (primary N) is 1. The molecule has 0 bridgehead atoms. The monoisotopic (exact) mass is 197 g/mol. The molecule has 14 heavy (non-hydrogen) atoms. The molecule has 78 valence electrons. The zero-order chi connectivity index (χ0) is 10.8. The van der Waals surface area contributed by atoms with E-state index in [1.807, 2.05) is 13.8 Å². The molecule has 0 radical (unpaired) electrons. The van der Waals surface area contributed by atoms with E-state index < -0.39 is 11.6 Å². The number of aliphatic hydroxyl groups excluding tert-OH is 1. The quantitative estimate of drug-likeness (QED) is 0.778. The third-order valence-electron chi connectivity index (χ3n) is 1.95. The van der Waals surface area contributed by atoms with Crippen LogP contribution in [0.25, 0.3) is 0 Å². The second-order valence-electron chi connectivity index (χ2n) is 4.26. The topological polar surface area (TPSA) is 46.2 Å². The molecule has 3 heteroatoms. The van der Waals surface area contributed by atoms with Gasteiger partial charge >= 0.3 is 0 Å². The van der Waals surface area contributed by atoms with Crippen LogP contribution in [0.3, 0.4) is 0 Å². The van der Waals surface area contributed by atoms with Gasteiger partial charge in [-0.05, 0) is 38.0 Å². The van der Waals surface area contributed by atoms with E-state index in [-0.39, 0.29) is 5.82 Å². The number of rotatable bonds is 3. The molecule has 3 N–H and O–H groups in total. The van der Waals surface area contributed by atoms with Crippen LogP contribution in [0.4, 0.5) is 4.39 Å². The third-order valence-corrected chi connectivity index (χ3v) is 1.95. The van der Waals surface area contributed by atoms with Crippen molar-refractivity contribution >= 4 is 0 Å². The Morgan fingerprint density at radius 3 is 2.64 bits per heavy atom. The average Bonchev–Trinajstić information content (AvgIpc) is 2.01. The molecule has 1 atom stereocenters. The maximum absolute atomic E-state index is 12.8. The zero-order valence-electron chi connectivity index (χ0n) is 8.50. The second kappa shape index (κ2) is 4.07. The van der Waals surface area contributed by atoms with Crippen molar-refractivity contribution in [3.63, 3.8) is 0 Å². The number of aliphatic hydroxyl groups is 1. The molecular formula is C11H16FNO. The predicted octanol–water partition coefficient (Wildman–Crippen LogP) is 1.99. The predicted molar refractivity (Wildman–Crippen MR) is 54.2 cm³/mol. The summed E-state index contributed by atoms with van der Waals surface area (Å²) < 4.78 is 12.8.